The zero-order chi connectivity index (χ0) is 13.9. The lowest BCUT2D eigenvalue weighted by Gasteiger charge is -2.45. The van der Waals surface area contributed by atoms with Crippen molar-refractivity contribution in [3.63, 3.8) is 0 Å². The van der Waals surface area contributed by atoms with E-state index in [4.69, 9.17) is 0 Å². The van der Waals surface area contributed by atoms with Crippen LogP contribution in [0.5, 0.6) is 0 Å². The summed E-state index contributed by atoms with van der Waals surface area (Å²) in [6.07, 6.45) is 8.53. The number of hydrogen-bond donors (Lipinski definition) is 1. The first-order valence-corrected chi connectivity index (χ1v) is 8.57. The molecule has 0 aromatic heterocycles. The molecule has 19 heavy (non-hydrogen) atoms. The van der Waals surface area contributed by atoms with Crippen molar-refractivity contribution < 1.29 is 0 Å². The summed E-state index contributed by atoms with van der Waals surface area (Å²) in [7, 11) is 0. The second-order valence-electron chi connectivity index (χ2n) is 7.31. The molecule has 2 fully saturated rings. The molecule has 1 N–H and O–H groups in total. The maximum Gasteiger partial charge on any atom is 0.0219 e. The lowest BCUT2D eigenvalue weighted by Crippen LogP contribution is -2.59. The first-order valence-electron chi connectivity index (χ1n) is 8.57. The summed E-state index contributed by atoms with van der Waals surface area (Å²) in [5.41, 5.74) is 0.645. The van der Waals surface area contributed by atoms with Crippen molar-refractivity contribution in [3.05, 3.63) is 0 Å². The second kappa shape index (κ2) is 6.58. The molecule has 112 valence electrons. The van der Waals surface area contributed by atoms with Crippen molar-refractivity contribution in [2.75, 3.05) is 19.6 Å². The summed E-state index contributed by atoms with van der Waals surface area (Å²) >= 11 is 0. The third kappa shape index (κ3) is 3.52. The monoisotopic (exact) mass is 266 g/mol. The van der Waals surface area contributed by atoms with Crippen LogP contribution in [-0.2, 0) is 0 Å². The minimum absolute atomic E-state index is 0.645. The predicted octanol–water partition coefficient (Wildman–Crippen LogP) is 3.67. The highest BCUT2D eigenvalue weighted by Crippen LogP contribution is 2.42. The summed E-state index contributed by atoms with van der Waals surface area (Å²) in [4.78, 5) is 2.83. The molecule has 0 aromatic carbocycles. The molecule has 0 spiro atoms. The topological polar surface area (TPSA) is 15.3 Å². The van der Waals surface area contributed by atoms with Crippen LogP contribution in [0.15, 0.2) is 0 Å². The summed E-state index contributed by atoms with van der Waals surface area (Å²) in [5.74, 6) is 0.751. The summed E-state index contributed by atoms with van der Waals surface area (Å²) < 4.78 is 0. The Kier molecular flexibility index (Phi) is 5.30. The van der Waals surface area contributed by atoms with Gasteiger partial charge in [-0.2, -0.15) is 0 Å². The van der Waals surface area contributed by atoms with Gasteiger partial charge in [0, 0.05) is 31.7 Å². The van der Waals surface area contributed by atoms with Gasteiger partial charge < -0.3 is 5.32 Å². The van der Waals surface area contributed by atoms with Gasteiger partial charge in [-0.25, -0.2) is 0 Å². The molecule has 1 saturated heterocycles. The van der Waals surface area contributed by atoms with Crippen molar-refractivity contribution in [3.8, 4) is 0 Å². The zero-order valence-electron chi connectivity index (χ0n) is 13.5. The van der Waals surface area contributed by atoms with Crippen LogP contribution in [0.25, 0.3) is 0 Å². The molecule has 1 aliphatic heterocycles. The van der Waals surface area contributed by atoms with Crippen LogP contribution >= 0.6 is 0 Å². The normalized spacial score (nSPS) is 32.1. The van der Waals surface area contributed by atoms with E-state index in [0.717, 1.165) is 12.0 Å². The molecule has 2 rings (SSSR count). The number of hydrogen-bond acceptors (Lipinski definition) is 2. The molecule has 2 heteroatoms. The summed E-state index contributed by atoms with van der Waals surface area (Å²) in [5, 5.41) is 3.76. The molecule has 1 heterocycles. The first kappa shape index (κ1) is 15.3. The van der Waals surface area contributed by atoms with Crippen LogP contribution in [0.3, 0.4) is 0 Å². The maximum atomic E-state index is 3.76. The van der Waals surface area contributed by atoms with Crippen molar-refractivity contribution in [1.29, 1.82) is 0 Å². The Bertz CT molecular complexity index is 268. The van der Waals surface area contributed by atoms with E-state index < -0.39 is 0 Å². The van der Waals surface area contributed by atoms with Crippen molar-refractivity contribution in [2.24, 2.45) is 11.3 Å². The standard InChI is InChI=1S/C17H34N2/c1-5-15-11-18-16(14(3)4)12-19(15)13-17(6-2)9-7-8-10-17/h14-16,18H,5-13H2,1-4H3. The Morgan fingerprint density at radius 2 is 1.89 bits per heavy atom. The molecule has 0 amide bonds. The number of nitrogens with one attached hydrogen (secondary N) is 1. The van der Waals surface area contributed by atoms with Crippen LogP contribution in [0.1, 0.15) is 66.2 Å². The van der Waals surface area contributed by atoms with Gasteiger partial charge in [-0.15, -0.1) is 0 Å². The SMILES string of the molecule is CCC1CNC(C(C)C)CN1CC1(CC)CCCC1. The smallest absolute Gasteiger partial charge is 0.0219 e. The van der Waals surface area contributed by atoms with Gasteiger partial charge in [0.15, 0.2) is 0 Å². The van der Waals surface area contributed by atoms with Crippen LogP contribution in [0.2, 0.25) is 0 Å². The molecule has 2 aliphatic rings. The fourth-order valence-electron chi connectivity index (χ4n) is 4.10. The average molecular weight is 266 g/mol. The highest BCUT2D eigenvalue weighted by atomic mass is 15.2. The lowest BCUT2D eigenvalue weighted by atomic mass is 9.81. The lowest BCUT2D eigenvalue weighted by molar-refractivity contribution is 0.0582. The predicted molar refractivity (Wildman–Crippen MR) is 83.5 cm³/mol. The first-order chi connectivity index (χ1) is 9.10. The van der Waals surface area contributed by atoms with Gasteiger partial charge in [0.2, 0.25) is 0 Å². The maximum absolute atomic E-state index is 3.76. The van der Waals surface area contributed by atoms with Crippen molar-refractivity contribution in [2.45, 2.75) is 78.3 Å². The second-order valence-corrected chi connectivity index (χ2v) is 7.31. The Morgan fingerprint density at radius 1 is 1.21 bits per heavy atom. The molecule has 0 aromatic rings. The minimum atomic E-state index is 0.645. The fourth-order valence-corrected chi connectivity index (χ4v) is 4.10. The highest BCUT2D eigenvalue weighted by Gasteiger charge is 2.37. The van der Waals surface area contributed by atoms with Crippen LogP contribution in [0, 0.1) is 11.3 Å². The summed E-state index contributed by atoms with van der Waals surface area (Å²) in [6.45, 7) is 13.3. The van der Waals surface area contributed by atoms with E-state index in [0.29, 0.717) is 11.5 Å². The average Bonchev–Trinajstić information content (AvgIpc) is 2.87. The molecule has 0 radical (unpaired) electrons. The van der Waals surface area contributed by atoms with E-state index in [-0.39, 0.29) is 0 Å². The van der Waals surface area contributed by atoms with Crippen LogP contribution in [-0.4, -0.2) is 36.6 Å². The van der Waals surface area contributed by atoms with E-state index in [2.05, 4.69) is 37.9 Å². The molecular formula is C17H34N2. The Morgan fingerprint density at radius 3 is 2.42 bits per heavy atom. The summed E-state index contributed by atoms with van der Waals surface area (Å²) in [6, 6.07) is 1.46. The Balaban J connectivity index is 2.01. The van der Waals surface area contributed by atoms with Crippen molar-refractivity contribution in [1.82, 2.24) is 10.2 Å². The van der Waals surface area contributed by atoms with Crippen LogP contribution < -0.4 is 5.32 Å². The van der Waals surface area contributed by atoms with E-state index in [9.17, 15) is 0 Å². The quantitative estimate of drug-likeness (QED) is 0.817. The number of nitrogens with zero attached hydrogens (tertiary/aromatic N) is 1. The third-order valence-corrected chi connectivity index (χ3v) is 5.79. The molecule has 1 saturated carbocycles. The Hall–Kier alpha value is -0.0800. The molecule has 2 nitrogen and oxygen atoms in total. The molecule has 1 aliphatic carbocycles. The van der Waals surface area contributed by atoms with Gasteiger partial charge in [0.25, 0.3) is 0 Å². The number of piperazine rings is 1. The molecule has 2 atom stereocenters. The fraction of sp³-hybridized carbons (Fsp3) is 1.00. The van der Waals surface area contributed by atoms with Gasteiger partial charge in [0.1, 0.15) is 0 Å². The third-order valence-electron chi connectivity index (χ3n) is 5.79. The highest BCUT2D eigenvalue weighted by molar-refractivity contribution is 4.93. The number of rotatable bonds is 5. The van der Waals surface area contributed by atoms with E-state index >= 15 is 0 Å². The van der Waals surface area contributed by atoms with Gasteiger partial charge in [0.05, 0.1) is 0 Å². The minimum Gasteiger partial charge on any atom is -0.311 e. The van der Waals surface area contributed by atoms with E-state index in [1.165, 1.54) is 58.2 Å². The van der Waals surface area contributed by atoms with Gasteiger partial charge in [-0.3, -0.25) is 4.90 Å². The Labute approximate surface area is 120 Å². The van der Waals surface area contributed by atoms with Crippen LogP contribution in [0.4, 0.5) is 0 Å². The molecular weight excluding hydrogens is 232 g/mol. The van der Waals surface area contributed by atoms with Gasteiger partial charge >= 0.3 is 0 Å². The molecule has 2 unspecified atom stereocenters. The largest absolute Gasteiger partial charge is 0.311 e. The molecule has 0 bridgehead atoms. The van der Waals surface area contributed by atoms with Crippen molar-refractivity contribution >= 4 is 0 Å². The van der Waals surface area contributed by atoms with Gasteiger partial charge in [-0.05, 0) is 37.0 Å². The van der Waals surface area contributed by atoms with E-state index in [1.54, 1.807) is 0 Å². The van der Waals surface area contributed by atoms with E-state index in [1.807, 2.05) is 0 Å². The van der Waals surface area contributed by atoms with Gasteiger partial charge in [-0.1, -0.05) is 40.5 Å². The zero-order valence-corrected chi connectivity index (χ0v) is 13.5.